The number of sulfone groups is 1. The highest BCUT2D eigenvalue weighted by molar-refractivity contribution is 7.92. The molecule has 1 saturated heterocycles. The van der Waals surface area contributed by atoms with Gasteiger partial charge in [-0.15, -0.1) is 0 Å². The van der Waals surface area contributed by atoms with E-state index in [2.05, 4.69) is 25.2 Å². The van der Waals surface area contributed by atoms with E-state index in [1.165, 1.54) is 6.20 Å². The summed E-state index contributed by atoms with van der Waals surface area (Å²) in [5, 5.41) is 6.70. The number of rotatable bonds is 9. The highest BCUT2D eigenvalue weighted by Crippen LogP contribution is 2.30. The van der Waals surface area contributed by atoms with Crippen LogP contribution in [0.15, 0.2) is 70.2 Å². The molecule has 9 nitrogen and oxygen atoms in total. The van der Waals surface area contributed by atoms with Gasteiger partial charge in [-0.2, -0.15) is 0 Å². The number of nitrogens with one attached hydrogen (secondary N) is 1. The molecule has 0 aliphatic carbocycles. The summed E-state index contributed by atoms with van der Waals surface area (Å²) < 4.78 is 47.6. The number of ether oxygens (including phenoxy) is 1. The van der Waals surface area contributed by atoms with Crippen LogP contribution in [0.25, 0.3) is 34.0 Å². The lowest BCUT2D eigenvalue weighted by Crippen LogP contribution is -2.21. The Morgan fingerprint density at radius 3 is 2.51 bits per heavy atom. The van der Waals surface area contributed by atoms with E-state index in [0.29, 0.717) is 61.1 Å². The van der Waals surface area contributed by atoms with Crippen molar-refractivity contribution in [1.82, 2.24) is 20.4 Å². The molecule has 11 heteroatoms. The minimum atomic E-state index is -3.42. The van der Waals surface area contributed by atoms with Crippen LogP contribution in [-0.4, -0.2) is 60.0 Å². The summed E-state index contributed by atoms with van der Waals surface area (Å²) in [6.45, 7) is 1.42. The number of nitrogens with two attached hydrogens (primary N) is 1. The van der Waals surface area contributed by atoms with E-state index in [0.717, 1.165) is 11.1 Å². The first-order valence-corrected chi connectivity index (χ1v) is 13.4. The molecule has 2 aromatic heterocycles. The second-order valence-electron chi connectivity index (χ2n) is 8.74. The number of aliphatic hydroxyl groups is 2. The molecule has 3 heterocycles. The Balaban J connectivity index is 1.36. The number of anilines is 1. The van der Waals surface area contributed by atoms with E-state index in [1.54, 1.807) is 30.3 Å². The second-order valence-corrected chi connectivity index (χ2v) is 11.0. The summed E-state index contributed by atoms with van der Waals surface area (Å²) in [4.78, 5) is 9.15. The molecule has 1 atom stereocenters. The number of alkyl halides is 1. The highest BCUT2D eigenvalue weighted by atomic mass is 32.2. The van der Waals surface area contributed by atoms with Crippen LogP contribution < -0.4 is 11.1 Å². The first kappa shape index (κ1) is 25.0. The maximum Gasteiger partial charge on any atom is 0.189 e. The van der Waals surface area contributed by atoms with Gasteiger partial charge in [-0.3, -0.25) is 0 Å². The van der Waals surface area contributed by atoms with Crippen molar-refractivity contribution >= 4 is 15.7 Å². The van der Waals surface area contributed by atoms with Gasteiger partial charge in [-0.25, -0.2) is 22.8 Å². The molecule has 1 aliphatic heterocycles. The smallest absolute Gasteiger partial charge is 0.189 e. The van der Waals surface area contributed by atoms with Crippen molar-refractivity contribution < 1.29 is 22.1 Å². The second kappa shape index (κ2) is 10.8. The van der Waals surface area contributed by atoms with Crippen LogP contribution in [0, 0.1) is 0 Å². The normalized spacial score (nSPS) is 15.8. The lowest BCUT2D eigenvalue weighted by atomic mass is 10.1. The Morgan fingerprint density at radius 1 is 1.08 bits per heavy atom. The Bertz CT molecular complexity index is 1470. The molecule has 0 radical (unpaired) electrons. The molecule has 1 unspecified atom stereocenters. The molecular formula is C26H27FN5O4S+. The molecule has 5 rings (SSSR count). The van der Waals surface area contributed by atoms with E-state index < -0.39 is 21.8 Å². The Labute approximate surface area is 213 Å². The predicted molar refractivity (Wildman–Crippen MR) is 138 cm³/mol. The van der Waals surface area contributed by atoms with E-state index >= 15 is 0 Å². The minimum Gasteiger partial charge on any atom is -0.433 e. The van der Waals surface area contributed by atoms with Gasteiger partial charge in [0.05, 0.1) is 16.8 Å². The average molecular weight is 525 g/mol. The molecule has 1 aliphatic rings. The third kappa shape index (κ3) is 5.38. The summed E-state index contributed by atoms with van der Waals surface area (Å²) in [5.74, 6) is 0.546. The van der Waals surface area contributed by atoms with Crippen LogP contribution in [-0.2, 0) is 16.4 Å². The van der Waals surface area contributed by atoms with Gasteiger partial charge in [0.15, 0.2) is 33.7 Å². The highest BCUT2D eigenvalue weighted by Gasteiger charge is 2.34. The lowest BCUT2D eigenvalue weighted by Gasteiger charge is -2.09. The van der Waals surface area contributed by atoms with Crippen LogP contribution in [0.5, 0.6) is 0 Å². The van der Waals surface area contributed by atoms with Gasteiger partial charge in [0.1, 0.15) is 24.2 Å². The fraction of sp³-hybridized carbons (Fsp3) is 0.269. The molecule has 192 valence electrons. The van der Waals surface area contributed by atoms with E-state index in [9.17, 15) is 12.8 Å². The maximum atomic E-state index is 12.8. The Kier molecular flexibility index (Phi) is 7.26. The van der Waals surface area contributed by atoms with Gasteiger partial charge in [0.2, 0.25) is 0 Å². The van der Waals surface area contributed by atoms with Crippen molar-refractivity contribution in [3.63, 3.8) is 0 Å². The van der Waals surface area contributed by atoms with Crippen LogP contribution >= 0.6 is 0 Å². The zero-order valence-electron chi connectivity index (χ0n) is 20.0. The zero-order valence-corrected chi connectivity index (χ0v) is 20.8. The van der Waals surface area contributed by atoms with Gasteiger partial charge < -0.3 is 20.3 Å². The van der Waals surface area contributed by atoms with E-state index in [1.807, 2.05) is 24.3 Å². The number of aromatic nitrogens is 3. The third-order valence-electron chi connectivity index (χ3n) is 6.25. The number of benzene rings is 2. The zero-order chi connectivity index (χ0) is 25.8. The quantitative estimate of drug-likeness (QED) is 0.252. The predicted octanol–water partition coefficient (Wildman–Crippen LogP) is 3.18. The fourth-order valence-corrected chi connectivity index (χ4v) is 5.78. The van der Waals surface area contributed by atoms with Crippen LogP contribution in [0.4, 0.5) is 10.2 Å². The van der Waals surface area contributed by atoms with Gasteiger partial charge >= 0.3 is 0 Å². The largest absolute Gasteiger partial charge is 0.433 e. The van der Waals surface area contributed by atoms with Crippen molar-refractivity contribution in [2.45, 2.75) is 23.1 Å². The van der Waals surface area contributed by atoms with Gasteiger partial charge in [-0.1, -0.05) is 41.6 Å². The number of hydrogen-bond donors (Lipinski definition) is 2. The topological polar surface area (TPSA) is 137 Å². The number of nitrogen functional groups attached to an aromatic ring is 1. The summed E-state index contributed by atoms with van der Waals surface area (Å²) in [5.41, 5.74) is 10.1. The molecule has 0 spiro atoms. The van der Waals surface area contributed by atoms with Crippen molar-refractivity contribution in [1.29, 1.82) is 0 Å². The van der Waals surface area contributed by atoms with Gasteiger partial charge in [0, 0.05) is 36.7 Å². The third-order valence-corrected chi connectivity index (χ3v) is 8.45. The minimum absolute atomic E-state index is 0.185. The van der Waals surface area contributed by atoms with Crippen molar-refractivity contribution in [3.8, 4) is 34.0 Å². The fourth-order valence-electron chi connectivity index (χ4n) is 4.16. The molecule has 0 bridgehead atoms. The van der Waals surface area contributed by atoms with E-state index in [-0.39, 0.29) is 10.7 Å². The first-order chi connectivity index (χ1) is 18.0. The number of nitrogens with zero attached hydrogens (tertiary/aromatic N) is 3. The molecule has 1 fully saturated rings. The summed E-state index contributed by atoms with van der Waals surface area (Å²) in [7, 11) is -3.42. The molecule has 4 aromatic rings. The van der Waals surface area contributed by atoms with Gasteiger partial charge in [-0.05, 0) is 17.7 Å². The SMILES string of the molecule is Nc1ncc(-c2ccc(S(=O)(=O)C3CC[OH+]C3)cc2)nc1-c1cc(-c2ccc(CNCCF)cc2)no1. The monoisotopic (exact) mass is 524 g/mol. The summed E-state index contributed by atoms with van der Waals surface area (Å²) in [6, 6.07) is 16.0. The van der Waals surface area contributed by atoms with Gasteiger partial charge in [0.25, 0.3) is 0 Å². The van der Waals surface area contributed by atoms with Crippen LogP contribution in [0.3, 0.4) is 0 Å². The van der Waals surface area contributed by atoms with Crippen LogP contribution in [0.1, 0.15) is 12.0 Å². The first-order valence-electron chi connectivity index (χ1n) is 11.9. The average Bonchev–Trinajstić information content (AvgIpc) is 3.63. The Hall–Kier alpha value is -3.67. The standard InChI is InChI=1S/C26H26FN5O4S/c27-10-11-29-14-17-1-3-18(4-2-17)22-13-24(36-32-22)25-26(28)30-15-23(31-25)19-5-7-20(8-6-19)37(33,34)21-9-12-35-16-21/h1-8,13,15,21,29H,9-12,14,16H2,(H2,28,30)/p+1. The molecule has 0 saturated carbocycles. The molecule has 37 heavy (non-hydrogen) atoms. The number of hydrogen-bond acceptors (Lipinski definition) is 8. The maximum absolute atomic E-state index is 12.8. The van der Waals surface area contributed by atoms with E-state index in [4.69, 9.17) is 10.3 Å². The Morgan fingerprint density at radius 2 is 1.81 bits per heavy atom. The summed E-state index contributed by atoms with van der Waals surface area (Å²) in [6.07, 6.45) is 2.09. The van der Waals surface area contributed by atoms with Crippen LogP contribution in [0.2, 0.25) is 0 Å². The summed E-state index contributed by atoms with van der Waals surface area (Å²) >= 11 is 0. The lowest BCUT2D eigenvalue weighted by molar-refractivity contribution is 0.0107. The number of halogens is 1. The molecular weight excluding hydrogens is 497 g/mol. The molecule has 2 aromatic carbocycles. The molecule has 0 amide bonds. The van der Waals surface area contributed by atoms with Crippen molar-refractivity contribution in [2.24, 2.45) is 0 Å². The molecule has 4 N–H and O–H groups in total. The van der Waals surface area contributed by atoms with Crippen molar-refractivity contribution in [2.75, 3.05) is 32.2 Å². The van der Waals surface area contributed by atoms with Crippen molar-refractivity contribution in [3.05, 3.63) is 66.4 Å².